The molecule has 7 nitrogen and oxygen atoms in total. The molecule has 4 aromatic rings. The molecule has 8 heteroatoms. The van der Waals surface area contributed by atoms with E-state index >= 15 is 0 Å². The number of nitrogens with zero attached hydrogens (tertiary/aromatic N) is 3. The lowest BCUT2D eigenvalue weighted by molar-refractivity contribution is 0.102. The molecular weight excluding hydrogens is 373 g/mol. The van der Waals surface area contributed by atoms with Crippen molar-refractivity contribution in [2.45, 2.75) is 19.3 Å². The third-order valence-corrected chi connectivity index (χ3v) is 5.11. The van der Waals surface area contributed by atoms with Crippen LogP contribution in [0.2, 0.25) is 0 Å². The molecule has 144 valence electrons. The second-order valence-electron chi connectivity index (χ2n) is 6.93. The number of halogens is 1. The highest BCUT2D eigenvalue weighted by molar-refractivity contribution is 6.05. The lowest BCUT2D eigenvalue weighted by atomic mass is 10.1. The van der Waals surface area contributed by atoms with Crippen molar-refractivity contribution in [3.8, 4) is 5.69 Å². The van der Waals surface area contributed by atoms with E-state index < -0.39 is 0 Å². The van der Waals surface area contributed by atoms with Crippen LogP contribution in [0.15, 0.2) is 53.6 Å². The van der Waals surface area contributed by atoms with Crippen LogP contribution in [-0.4, -0.2) is 25.7 Å². The van der Waals surface area contributed by atoms with Gasteiger partial charge in [0.2, 0.25) is 0 Å². The monoisotopic (exact) mass is 389 g/mol. The van der Waals surface area contributed by atoms with Crippen LogP contribution in [0, 0.1) is 5.82 Å². The Morgan fingerprint density at radius 2 is 1.97 bits per heavy atom. The van der Waals surface area contributed by atoms with Crippen molar-refractivity contribution in [2.24, 2.45) is 0 Å². The van der Waals surface area contributed by atoms with Crippen LogP contribution in [0.5, 0.6) is 0 Å². The zero-order chi connectivity index (χ0) is 20.0. The quantitative estimate of drug-likeness (QED) is 0.563. The minimum Gasteiger partial charge on any atom is -0.321 e. The van der Waals surface area contributed by atoms with Crippen molar-refractivity contribution in [2.75, 3.05) is 5.32 Å². The summed E-state index contributed by atoms with van der Waals surface area (Å²) in [4.78, 5) is 31.5. The maximum absolute atomic E-state index is 13.3. The number of aromatic nitrogens is 4. The van der Waals surface area contributed by atoms with Gasteiger partial charge in [-0.05, 0) is 61.7 Å². The number of amides is 1. The van der Waals surface area contributed by atoms with Crippen LogP contribution < -0.4 is 10.9 Å². The number of hydrogen-bond donors (Lipinski definition) is 2. The maximum atomic E-state index is 13.3. The summed E-state index contributed by atoms with van der Waals surface area (Å²) in [5.41, 5.74) is 3.71. The lowest BCUT2D eigenvalue weighted by Gasteiger charge is -2.06. The smallest absolute Gasteiger partial charge is 0.276 e. The zero-order valence-electron chi connectivity index (χ0n) is 15.3. The van der Waals surface area contributed by atoms with Gasteiger partial charge in [0.15, 0.2) is 5.69 Å². The molecule has 0 fully saturated rings. The van der Waals surface area contributed by atoms with Crippen molar-refractivity contribution in [1.82, 2.24) is 19.7 Å². The number of carbonyl (C=O) groups excluding carboxylic acids is 1. The summed E-state index contributed by atoms with van der Waals surface area (Å²) in [6, 6.07) is 11.0. The summed E-state index contributed by atoms with van der Waals surface area (Å²) >= 11 is 0. The van der Waals surface area contributed by atoms with Gasteiger partial charge in [0, 0.05) is 16.9 Å². The van der Waals surface area contributed by atoms with E-state index in [1.54, 1.807) is 35.0 Å². The number of nitrogens with one attached hydrogen (secondary N) is 2. The Balaban J connectivity index is 1.50. The van der Waals surface area contributed by atoms with Crippen LogP contribution in [0.25, 0.3) is 16.6 Å². The van der Waals surface area contributed by atoms with Crippen LogP contribution in [0.3, 0.4) is 0 Å². The SMILES string of the molecule is O=C(Nc1ccc2nc[nH]c(=O)c2c1)c1nn(-c2ccc(F)cc2)c2c1CCC2. The number of aromatic amines is 1. The van der Waals surface area contributed by atoms with E-state index in [0.29, 0.717) is 28.0 Å². The van der Waals surface area contributed by atoms with Gasteiger partial charge < -0.3 is 10.3 Å². The van der Waals surface area contributed by atoms with E-state index in [4.69, 9.17) is 0 Å². The molecule has 2 heterocycles. The van der Waals surface area contributed by atoms with E-state index in [-0.39, 0.29) is 17.3 Å². The average molecular weight is 389 g/mol. The van der Waals surface area contributed by atoms with E-state index in [1.165, 1.54) is 18.5 Å². The molecular formula is C21H16FN5O2. The summed E-state index contributed by atoms with van der Waals surface area (Å²) in [7, 11) is 0. The Bertz CT molecular complexity index is 1310. The first kappa shape index (κ1) is 17.3. The van der Waals surface area contributed by atoms with Crippen LogP contribution >= 0.6 is 0 Å². The van der Waals surface area contributed by atoms with Crippen molar-refractivity contribution in [1.29, 1.82) is 0 Å². The average Bonchev–Trinajstić information content (AvgIpc) is 3.32. The fourth-order valence-corrected chi connectivity index (χ4v) is 3.75. The number of hydrogen-bond acceptors (Lipinski definition) is 4. The molecule has 1 aliphatic rings. The maximum Gasteiger partial charge on any atom is 0.276 e. The molecule has 2 aromatic carbocycles. The topological polar surface area (TPSA) is 92.7 Å². The molecule has 5 rings (SSSR count). The van der Waals surface area contributed by atoms with Crippen molar-refractivity contribution < 1.29 is 9.18 Å². The highest BCUT2D eigenvalue weighted by Crippen LogP contribution is 2.28. The van der Waals surface area contributed by atoms with E-state index in [2.05, 4.69) is 20.4 Å². The Labute approximate surface area is 164 Å². The highest BCUT2D eigenvalue weighted by atomic mass is 19.1. The second-order valence-corrected chi connectivity index (χ2v) is 6.93. The first-order valence-corrected chi connectivity index (χ1v) is 9.26. The predicted molar refractivity (Wildman–Crippen MR) is 106 cm³/mol. The number of fused-ring (bicyclic) bond motifs is 2. The normalized spacial score (nSPS) is 12.9. The van der Waals surface area contributed by atoms with Crippen molar-refractivity contribution in [3.05, 3.63) is 81.9 Å². The predicted octanol–water partition coefficient (Wildman–Crippen LogP) is 2.99. The number of anilines is 1. The Morgan fingerprint density at radius 3 is 2.79 bits per heavy atom. The molecule has 1 aliphatic carbocycles. The van der Waals surface area contributed by atoms with Crippen molar-refractivity contribution in [3.63, 3.8) is 0 Å². The summed E-state index contributed by atoms with van der Waals surface area (Å²) in [6.45, 7) is 0. The molecule has 2 N–H and O–H groups in total. The van der Waals surface area contributed by atoms with Gasteiger partial charge in [0.25, 0.3) is 11.5 Å². The molecule has 0 saturated heterocycles. The van der Waals surface area contributed by atoms with Gasteiger partial charge in [0.05, 0.1) is 22.9 Å². The number of H-pyrrole nitrogens is 1. The Kier molecular flexibility index (Phi) is 3.97. The first-order valence-electron chi connectivity index (χ1n) is 9.26. The fourth-order valence-electron chi connectivity index (χ4n) is 3.75. The van der Waals surface area contributed by atoms with Crippen molar-refractivity contribution >= 4 is 22.5 Å². The molecule has 2 aromatic heterocycles. The molecule has 0 saturated carbocycles. The van der Waals surface area contributed by atoms with E-state index in [9.17, 15) is 14.0 Å². The molecule has 1 amide bonds. The van der Waals surface area contributed by atoms with Crippen LogP contribution in [0.4, 0.5) is 10.1 Å². The van der Waals surface area contributed by atoms with Gasteiger partial charge in [-0.3, -0.25) is 9.59 Å². The van der Waals surface area contributed by atoms with E-state index in [1.807, 2.05) is 0 Å². The number of rotatable bonds is 3. The molecule has 0 bridgehead atoms. The molecule has 0 aliphatic heterocycles. The van der Waals surface area contributed by atoms with Crippen LogP contribution in [0.1, 0.15) is 28.2 Å². The van der Waals surface area contributed by atoms with Gasteiger partial charge in [-0.1, -0.05) is 0 Å². The standard InChI is InChI=1S/C21H16FN5O2/c22-12-4-7-14(8-5-12)27-18-3-1-2-15(18)19(26-27)21(29)25-13-6-9-17-16(10-13)20(28)24-11-23-17/h4-11H,1-3H2,(H,25,29)(H,23,24,28). The van der Waals surface area contributed by atoms with Gasteiger partial charge in [0.1, 0.15) is 5.82 Å². The third-order valence-electron chi connectivity index (χ3n) is 5.11. The summed E-state index contributed by atoms with van der Waals surface area (Å²) in [5.74, 6) is -0.667. The summed E-state index contributed by atoms with van der Waals surface area (Å²) in [5, 5.41) is 7.73. The van der Waals surface area contributed by atoms with Crippen LogP contribution in [-0.2, 0) is 12.8 Å². The number of benzene rings is 2. The minimum atomic E-state index is -0.344. The molecule has 0 unspecified atom stereocenters. The Morgan fingerprint density at radius 1 is 1.14 bits per heavy atom. The largest absolute Gasteiger partial charge is 0.321 e. The summed E-state index contributed by atoms with van der Waals surface area (Å²) in [6.07, 6.45) is 3.85. The minimum absolute atomic E-state index is 0.271. The second kappa shape index (κ2) is 6.66. The number of carbonyl (C=O) groups is 1. The first-order chi connectivity index (χ1) is 14.1. The molecule has 29 heavy (non-hydrogen) atoms. The summed E-state index contributed by atoms with van der Waals surface area (Å²) < 4.78 is 15.0. The molecule has 0 spiro atoms. The van der Waals surface area contributed by atoms with Gasteiger partial charge in [-0.2, -0.15) is 5.10 Å². The fraction of sp³-hybridized carbons (Fsp3) is 0.143. The van der Waals surface area contributed by atoms with Gasteiger partial charge >= 0.3 is 0 Å². The molecule has 0 atom stereocenters. The highest BCUT2D eigenvalue weighted by Gasteiger charge is 2.27. The van der Waals surface area contributed by atoms with Gasteiger partial charge in [-0.25, -0.2) is 14.1 Å². The Hall–Kier alpha value is -3.81. The van der Waals surface area contributed by atoms with E-state index in [0.717, 1.165) is 30.5 Å². The third kappa shape index (κ3) is 2.98. The lowest BCUT2D eigenvalue weighted by Crippen LogP contribution is -2.15. The van der Waals surface area contributed by atoms with Gasteiger partial charge in [-0.15, -0.1) is 0 Å². The molecule has 0 radical (unpaired) electrons. The zero-order valence-corrected chi connectivity index (χ0v) is 15.3.